The van der Waals surface area contributed by atoms with Crippen LogP contribution in [0.15, 0.2) is 41.0 Å². The predicted octanol–water partition coefficient (Wildman–Crippen LogP) is 1.22. The topological polar surface area (TPSA) is 104 Å². The van der Waals surface area contributed by atoms with Gasteiger partial charge in [-0.1, -0.05) is 12.1 Å². The number of nitrogens with zero attached hydrogens (tertiary/aromatic N) is 4. The van der Waals surface area contributed by atoms with Gasteiger partial charge in [0.2, 0.25) is 0 Å². The highest BCUT2D eigenvalue weighted by Gasteiger charge is 2.36. The van der Waals surface area contributed by atoms with Crippen LogP contribution in [0.1, 0.15) is 31.2 Å². The summed E-state index contributed by atoms with van der Waals surface area (Å²) >= 11 is 0. The number of aromatic hydroxyl groups is 1. The molecule has 1 unspecified atom stereocenters. The largest absolute Gasteiger partial charge is 0.507 e. The molecule has 0 bridgehead atoms. The summed E-state index contributed by atoms with van der Waals surface area (Å²) in [5.41, 5.74) is 7.86. The molecule has 8 heteroatoms. The molecule has 33 heavy (non-hydrogen) atoms. The molecular weight excluding hydrogens is 414 g/mol. The highest BCUT2D eigenvalue weighted by molar-refractivity contribution is 6.13. The van der Waals surface area contributed by atoms with Crippen molar-refractivity contribution in [2.75, 3.05) is 52.4 Å². The predicted molar refractivity (Wildman–Crippen MR) is 132 cm³/mol. The van der Waals surface area contributed by atoms with Gasteiger partial charge in [0.1, 0.15) is 11.6 Å². The number of fused-ring (bicyclic) bond motifs is 1. The number of phenols is 1. The fourth-order valence-electron chi connectivity index (χ4n) is 5.98. The van der Waals surface area contributed by atoms with E-state index in [9.17, 15) is 5.11 Å². The molecule has 0 amide bonds. The van der Waals surface area contributed by atoms with E-state index in [1.807, 2.05) is 6.07 Å². The van der Waals surface area contributed by atoms with Gasteiger partial charge in [-0.2, -0.15) is 0 Å². The number of piperazine rings is 1. The molecule has 0 aromatic heterocycles. The highest BCUT2D eigenvalue weighted by atomic mass is 16.3. The van der Waals surface area contributed by atoms with Gasteiger partial charge in [0.25, 0.3) is 0 Å². The van der Waals surface area contributed by atoms with Crippen molar-refractivity contribution < 1.29 is 5.11 Å². The van der Waals surface area contributed by atoms with Crippen LogP contribution in [0.3, 0.4) is 0 Å². The lowest BCUT2D eigenvalue weighted by atomic mass is 9.96. The summed E-state index contributed by atoms with van der Waals surface area (Å²) in [6.07, 6.45) is 6.85. The molecule has 0 spiro atoms. The van der Waals surface area contributed by atoms with Crippen LogP contribution in [-0.4, -0.2) is 102 Å². The number of amidine groups is 1. The van der Waals surface area contributed by atoms with E-state index in [1.165, 1.54) is 38.8 Å². The van der Waals surface area contributed by atoms with Crippen LogP contribution in [0.2, 0.25) is 0 Å². The van der Waals surface area contributed by atoms with Gasteiger partial charge in [-0.25, -0.2) is 0 Å². The third-order valence-corrected chi connectivity index (χ3v) is 7.87. The van der Waals surface area contributed by atoms with Crippen LogP contribution in [0.5, 0.6) is 5.75 Å². The monoisotopic (exact) mass is 451 g/mol. The Kier molecular flexibility index (Phi) is 6.66. The maximum absolute atomic E-state index is 10.1. The van der Waals surface area contributed by atoms with Crippen molar-refractivity contribution in [2.45, 2.75) is 43.8 Å². The number of hydrogen-bond acceptors (Lipinski definition) is 8. The molecule has 4 aliphatic heterocycles. The molecule has 5 N–H and O–H groups in total. The zero-order valence-corrected chi connectivity index (χ0v) is 19.4. The molecular formula is C25H37N7O. The van der Waals surface area contributed by atoms with Crippen molar-refractivity contribution in [3.05, 3.63) is 41.6 Å². The van der Waals surface area contributed by atoms with Crippen LogP contribution < -0.4 is 11.1 Å². The minimum atomic E-state index is 0.114. The lowest BCUT2D eigenvalue weighted by molar-refractivity contribution is 0.0301. The highest BCUT2D eigenvalue weighted by Crippen LogP contribution is 2.27. The molecule has 0 saturated carbocycles. The van der Waals surface area contributed by atoms with Crippen LogP contribution in [-0.2, 0) is 0 Å². The number of piperidine rings is 2. The standard InChI is InChI=1S/C25H37N7O/c26-22(21-3-1-2-4-24(21)33)15-23-25(27)29-16-20-17-31(13-14-32(20)23)19-7-11-30(12-8-19)18-5-9-28-10-6-18/h1-4,15,18-20,26,28,33H,5-14,16-17H2,(H2,27,29)/b23-15+,26-22?. The number of aliphatic imine (C=N–C) groups is 1. The molecule has 8 nitrogen and oxygen atoms in total. The Balaban J connectivity index is 1.22. The number of rotatable bonds is 4. The molecule has 178 valence electrons. The zero-order chi connectivity index (χ0) is 22.8. The summed E-state index contributed by atoms with van der Waals surface area (Å²) in [5, 5.41) is 22.1. The minimum Gasteiger partial charge on any atom is -0.507 e. The van der Waals surface area contributed by atoms with Gasteiger partial charge in [0.15, 0.2) is 0 Å². The van der Waals surface area contributed by atoms with E-state index >= 15 is 0 Å². The second kappa shape index (κ2) is 9.83. The number of nitrogens with two attached hydrogens (primary N) is 1. The van der Waals surface area contributed by atoms with E-state index in [2.05, 4.69) is 25.0 Å². The molecule has 3 saturated heterocycles. The maximum Gasteiger partial charge on any atom is 0.142 e. The molecule has 4 heterocycles. The van der Waals surface area contributed by atoms with E-state index in [0.29, 0.717) is 24.0 Å². The Hall–Kier alpha value is -2.42. The van der Waals surface area contributed by atoms with Crippen molar-refractivity contribution in [2.24, 2.45) is 10.7 Å². The first-order valence-corrected chi connectivity index (χ1v) is 12.4. The van der Waals surface area contributed by atoms with Crippen molar-refractivity contribution >= 4 is 11.5 Å². The Bertz CT molecular complexity index is 915. The van der Waals surface area contributed by atoms with E-state index in [0.717, 1.165) is 44.5 Å². The number of allylic oxidation sites excluding steroid dienone is 1. The molecule has 0 radical (unpaired) electrons. The summed E-state index contributed by atoms with van der Waals surface area (Å²) in [7, 11) is 0. The van der Waals surface area contributed by atoms with Crippen LogP contribution in [0.25, 0.3) is 0 Å². The van der Waals surface area contributed by atoms with Gasteiger partial charge >= 0.3 is 0 Å². The number of hydrogen-bond donors (Lipinski definition) is 4. The fraction of sp³-hybridized carbons (Fsp3) is 0.600. The lowest BCUT2D eigenvalue weighted by Gasteiger charge is -2.49. The summed E-state index contributed by atoms with van der Waals surface area (Å²) in [4.78, 5) is 12.3. The first kappa shape index (κ1) is 22.4. The lowest BCUT2D eigenvalue weighted by Crippen LogP contribution is -2.60. The second-order valence-electron chi connectivity index (χ2n) is 9.78. The van der Waals surface area contributed by atoms with Gasteiger partial charge in [-0.3, -0.25) is 9.89 Å². The smallest absolute Gasteiger partial charge is 0.142 e. The number of nitrogens with one attached hydrogen (secondary N) is 2. The van der Waals surface area contributed by atoms with E-state index < -0.39 is 0 Å². The SMILES string of the molecule is N=C(/C=C1\C(N)=NCC2CN(C3CCN(C4CCNCC4)CC3)CCN12)c1ccccc1O. The Morgan fingerprint density at radius 1 is 1.00 bits per heavy atom. The Morgan fingerprint density at radius 3 is 2.48 bits per heavy atom. The van der Waals surface area contributed by atoms with Crippen molar-refractivity contribution in [3.63, 3.8) is 0 Å². The van der Waals surface area contributed by atoms with Gasteiger partial charge in [0.05, 0.1) is 24.0 Å². The zero-order valence-electron chi connectivity index (χ0n) is 19.4. The van der Waals surface area contributed by atoms with Crippen LogP contribution >= 0.6 is 0 Å². The average Bonchev–Trinajstić information content (AvgIpc) is 2.86. The molecule has 0 aliphatic carbocycles. The van der Waals surface area contributed by atoms with Gasteiger partial charge in [-0.15, -0.1) is 0 Å². The number of phenolic OH excluding ortho intramolecular Hbond substituents is 1. The minimum absolute atomic E-state index is 0.114. The third-order valence-electron chi connectivity index (χ3n) is 7.87. The van der Waals surface area contributed by atoms with Crippen LogP contribution in [0.4, 0.5) is 0 Å². The average molecular weight is 452 g/mol. The Labute approximate surface area is 196 Å². The third kappa shape index (κ3) is 4.78. The van der Waals surface area contributed by atoms with Crippen molar-refractivity contribution in [3.8, 4) is 5.75 Å². The summed E-state index contributed by atoms with van der Waals surface area (Å²) in [6, 6.07) is 8.68. The summed E-state index contributed by atoms with van der Waals surface area (Å²) in [5.74, 6) is 0.609. The van der Waals surface area contributed by atoms with Crippen LogP contribution in [0, 0.1) is 5.41 Å². The molecule has 1 aromatic rings. The summed E-state index contributed by atoms with van der Waals surface area (Å²) < 4.78 is 0. The quantitative estimate of drug-likeness (QED) is 0.513. The van der Waals surface area contributed by atoms with Gasteiger partial charge in [0, 0.05) is 37.3 Å². The number of likely N-dealkylation sites (tertiary alicyclic amines) is 1. The van der Waals surface area contributed by atoms with Gasteiger partial charge < -0.3 is 31.4 Å². The first-order valence-electron chi connectivity index (χ1n) is 12.4. The van der Waals surface area contributed by atoms with E-state index in [1.54, 1.807) is 24.3 Å². The molecule has 3 fully saturated rings. The summed E-state index contributed by atoms with van der Waals surface area (Å²) in [6.45, 7) is 8.37. The van der Waals surface area contributed by atoms with Crippen molar-refractivity contribution in [1.82, 2.24) is 20.0 Å². The molecule has 1 atom stereocenters. The molecule has 4 aliphatic rings. The first-order chi connectivity index (χ1) is 16.1. The molecule has 1 aromatic carbocycles. The van der Waals surface area contributed by atoms with E-state index in [4.69, 9.17) is 11.1 Å². The van der Waals surface area contributed by atoms with E-state index in [-0.39, 0.29) is 17.5 Å². The van der Waals surface area contributed by atoms with Crippen molar-refractivity contribution in [1.29, 1.82) is 5.41 Å². The fourth-order valence-corrected chi connectivity index (χ4v) is 5.98. The van der Waals surface area contributed by atoms with Gasteiger partial charge in [-0.05, 0) is 70.1 Å². The second-order valence-corrected chi connectivity index (χ2v) is 9.78. The molecule has 5 rings (SSSR count). The normalized spacial score (nSPS) is 27.4. The number of benzene rings is 1. The number of para-hydroxylation sites is 1. The maximum atomic E-state index is 10.1. The Morgan fingerprint density at radius 2 is 1.73 bits per heavy atom.